The van der Waals surface area contributed by atoms with E-state index in [-0.39, 0.29) is 44.2 Å². The standard InChI is InChI=1S/C27H29N3O7/c1-4-35-21(31)17-30-22(18-12-8-7-9-13-18)27(25(33)36-5-2,26(34)37-6-3)16-19-23(30)28-20-14-10-11-15-29(20)24(19)32/h7-15,22H,4-6,16-17H2,1-3H3. The average molecular weight is 508 g/mol. The Morgan fingerprint density at radius 2 is 1.54 bits per heavy atom. The molecule has 0 radical (unpaired) electrons. The number of carbonyl (C=O) groups is 3. The fourth-order valence-corrected chi connectivity index (χ4v) is 4.85. The second kappa shape index (κ2) is 10.8. The minimum atomic E-state index is -1.99. The van der Waals surface area contributed by atoms with E-state index in [2.05, 4.69) is 0 Å². The zero-order chi connectivity index (χ0) is 26.6. The molecule has 37 heavy (non-hydrogen) atoms. The van der Waals surface area contributed by atoms with E-state index in [1.54, 1.807) is 75.5 Å². The van der Waals surface area contributed by atoms with Crippen molar-refractivity contribution in [3.05, 3.63) is 76.2 Å². The van der Waals surface area contributed by atoms with Crippen molar-refractivity contribution in [3.8, 4) is 0 Å². The molecule has 1 aliphatic rings. The summed E-state index contributed by atoms with van der Waals surface area (Å²) in [5.74, 6) is -2.10. The molecule has 0 N–H and O–H groups in total. The highest BCUT2D eigenvalue weighted by Crippen LogP contribution is 2.49. The van der Waals surface area contributed by atoms with Gasteiger partial charge < -0.3 is 19.1 Å². The first kappa shape index (κ1) is 25.9. The lowest BCUT2D eigenvalue weighted by Gasteiger charge is -2.46. The molecule has 0 fully saturated rings. The molecule has 4 rings (SSSR count). The molecule has 0 saturated carbocycles. The van der Waals surface area contributed by atoms with Crippen LogP contribution in [-0.4, -0.2) is 53.7 Å². The summed E-state index contributed by atoms with van der Waals surface area (Å²) in [6.45, 7) is 4.70. The monoisotopic (exact) mass is 507 g/mol. The lowest BCUT2D eigenvalue weighted by Crippen LogP contribution is -2.59. The van der Waals surface area contributed by atoms with Gasteiger partial charge in [-0.3, -0.25) is 23.6 Å². The Labute approximate surface area is 213 Å². The number of benzene rings is 1. The highest BCUT2D eigenvalue weighted by molar-refractivity contribution is 6.03. The van der Waals surface area contributed by atoms with E-state index < -0.39 is 34.9 Å². The fourth-order valence-electron chi connectivity index (χ4n) is 4.85. The molecule has 1 unspecified atom stereocenters. The predicted octanol–water partition coefficient (Wildman–Crippen LogP) is 2.47. The maximum atomic E-state index is 13.8. The van der Waals surface area contributed by atoms with Crippen molar-refractivity contribution in [1.29, 1.82) is 0 Å². The van der Waals surface area contributed by atoms with Gasteiger partial charge in [0.1, 0.15) is 18.0 Å². The van der Waals surface area contributed by atoms with Gasteiger partial charge in [-0.05, 0) is 38.5 Å². The highest BCUT2D eigenvalue weighted by atomic mass is 16.6. The van der Waals surface area contributed by atoms with E-state index in [4.69, 9.17) is 19.2 Å². The quantitative estimate of drug-likeness (QED) is 0.257. The topological polar surface area (TPSA) is 117 Å². The Kier molecular flexibility index (Phi) is 7.56. The first-order chi connectivity index (χ1) is 17.9. The van der Waals surface area contributed by atoms with Crippen LogP contribution in [0.25, 0.3) is 5.65 Å². The molecule has 0 spiro atoms. The summed E-state index contributed by atoms with van der Waals surface area (Å²) in [4.78, 5) is 60.3. The number of pyridine rings is 1. The molecule has 0 saturated heterocycles. The zero-order valence-corrected chi connectivity index (χ0v) is 21.0. The summed E-state index contributed by atoms with van der Waals surface area (Å²) in [6.07, 6.45) is 1.24. The minimum Gasteiger partial charge on any atom is -0.465 e. The number of anilines is 1. The summed E-state index contributed by atoms with van der Waals surface area (Å²) in [5.41, 5.74) is -1.45. The van der Waals surface area contributed by atoms with Crippen molar-refractivity contribution in [3.63, 3.8) is 0 Å². The number of carbonyl (C=O) groups excluding carboxylic acids is 3. The van der Waals surface area contributed by atoms with Crippen LogP contribution in [0.3, 0.4) is 0 Å². The molecular formula is C27H29N3O7. The van der Waals surface area contributed by atoms with Gasteiger partial charge in [0, 0.05) is 12.6 Å². The number of hydrogen-bond acceptors (Lipinski definition) is 9. The van der Waals surface area contributed by atoms with E-state index in [9.17, 15) is 19.2 Å². The van der Waals surface area contributed by atoms with E-state index >= 15 is 0 Å². The highest BCUT2D eigenvalue weighted by Gasteiger charge is 2.61. The average Bonchev–Trinajstić information content (AvgIpc) is 2.90. The molecule has 0 bridgehead atoms. The molecule has 194 valence electrons. The number of hydrogen-bond donors (Lipinski definition) is 0. The SMILES string of the molecule is CCOC(=O)CN1c2nc3ccccn3c(=O)c2CC(C(=O)OCC)(C(=O)OCC)C1c1ccccc1. The van der Waals surface area contributed by atoms with Crippen LogP contribution in [0.15, 0.2) is 59.5 Å². The molecule has 1 aliphatic heterocycles. The van der Waals surface area contributed by atoms with Gasteiger partial charge in [0.05, 0.1) is 31.4 Å². The van der Waals surface area contributed by atoms with Gasteiger partial charge >= 0.3 is 17.9 Å². The van der Waals surface area contributed by atoms with Crippen molar-refractivity contribution >= 4 is 29.4 Å². The van der Waals surface area contributed by atoms with Gasteiger partial charge in [-0.2, -0.15) is 0 Å². The molecule has 3 heterocycles. The van der Waals surface area contributed by atoms with Crippen LogP contribution in [0, 0.1) is 5.41 Å². The number of esters is 3. The molecular weight excluding hydrogens is 478 g/mol. The normalized spacial score (nSPS) is 16.1. The van der Waals surface area contributed by atoms with E-state index in [0.717, 1.165) is 0 Å². The van der Waals surface area contributed by atoms with E-state index in [0.29, 0.717) is 11.2 Å². The van der Waals surface area contributed by atoms with Crippen LogP contribution in [0.5, 0.6) is 0 Å². The lowest BCUT2D eigenvalue weighted by atomic mass is 9.69. The zero-order valence-electron chi connectivity index (χ0n) is 21.0. The van der Waals surface area contributed by atoms with Gasteiger partial charge in [-0.25, -0.2) is 4.98 Å². The van der Waals surface area contributed by atoms with Crippen LogP contribution >= 0.6 is 0 Å². The number of rotatable bonds is 8. The van der Waals surface area contributed by atoms with E-state index in [1.165, 1.54) is 9.30 Å². The molecule has 1 aromatic carbocycles. The van der Waals surface area contributed by atoms with Crippen molar-refractivity contribution in [2.24, 2.45) is 5.41 Å². The maximum Gasteiger partial charge on any atom is 0.326 e. The molecule has 1 atom stereocenters. The first-order valence-corrected chi connectivity index (χ1v) is 12.2. The number of nitrogens with zero attached hydrogens (tertiary/aromatic N) is 3. The van der Waals surface area contributed by atoms with Gasteiger partial charge in [0.15, 0.2) is 5.41 Å². The number of ether oxygens (including phenoxy) is 3. The Balaban J connectivity index is 2.09. The van der Waals surface area contributed by atoms with Crippen LogP contribution in [-0.2, 0) is 35.0 Å². The van der Waals surface area contributed by atoms with Gasteiger partial charge in [-0.1, -0.05) is 36.4 Å². The smallest absolute Gasteiger partial charge is 0.326 e. The van der Waals surface area contributed by atoms with Crippen molar-refractivity contribution in [1.82, 2.24) is 9.38 Å². The Morgan fingerprint density at radius 1 is 0.919 bits per heavy atom. The third-order valence-corrected chi connectivity index (χ3v) is 6.31. The Hall–Kier alpha value is -4.21. The van der Waals surface area contributed by atoms with Crippen molar-refractivity contribution < 1.29 is 28.6 Å². The third kappa shape index (κ3) is 4.54. The molecule has 0 amide bonds. The maximum absolute atomic E-state index is 13.8. The largest absolute Gasteiger partial charge is 0.465 e. The summed E-state index contributed by atoms with van der Waals surface area (Å²) < 4.78 is 17.4. The second-order valence-corrected chi connectivity index (χ2v) is 8.48. The van der Waals surface area contributed by atoms with Gasteiger partial charge in [0.25, 0.3) is 5.56 Å². The van der Waals surface area contributed by atoms with Gasteiger partial charge in [0.2, 0.25) is 0 Å². The van der Waals surface area contributed by atoms with Crippen LogP contribution in [0.2, 0.25) is 0 Å². The Bertz CT molecular complexity index is 1350. The summed E-state index contributed by atoms with van der Waals surface area (Å²) >= 11 is 0. The van der Waals surface area contributed by atoms with E-state index in [1.807, 2.05) is 0 Å². The molecule has 0 aliphatic carbocycles. The van der Waals surface area contributed by atoms with Crippen molar-refractivity contribution in [2.75, 3.05) is 31.3 Å². The predicted molar refractivity (Wildman–Crippen MR) is 134 cm³/mol. The van der Waals surface area contributed by atoms with Crippen LogP contribution < -0.4 is 10.5 Å². The number of fused-ring (bicyclic) bond motifs is 2. The van der Waals surface area contributed by atoms with Crippen molar-refractivity contribution in [2.45, 2.75) is 33.2 Å². The molecule has 10 nitrogen and oxygen atoms in total. The van der Waals surface area contributed by atoms with Crippen LogP contribution in [0.4, 0.5) is 5.82 Å². The molecule has 2 aromatic heterocycles. The Morgan fingerprint density at radius 3 is 2.16 bits per heavy atom. The summed E-state index contributed by atoms with van der Waals surface area (Å²) in [6, 6.07) is 12.8. The fraction of sp³-hybridized carbons (Fsp3) is 0.370. The lowest BCUT2D eigenvalue weighted by molar-refractivity contribution is -0.175. The number of aromatic nitrogens is 2. The molecule has 3 aromatic rings. The van der Waals surface area contributed by atoms with Crippen LogP contribution in [0.1, 0.15) is 37.9 Å². The second-order valence-electron chi connectivity index (χ2n) is 8.48. The minimum absolute atomic E-state index is 0.00117. The summed E-state index contributed by atoms with van der Waals surface area (Å²) in [5, 5.41) is 0. The first-order valence-electron chi connectivity index (χ1n) is 12.2. The summed E-state index contributed by atoms with van der Waals surface area (Å²) in [7, 11) is 0. The molecule has 10 heteroatoms. The van der Waals surface area contributed by atoms with Gasteiger partial charge in [-0.15, -0.1) is 0 Å². The third-order valence-electron chi connectivity index (χ3n) is 6.31.